The van der Waals surface area contributed by atoms with Gasteiger partial charge in [-0.25, -0.2) is 4.79 Å². The minimum absolute atomic E-state index is 0.275. The molecule has 134 valence electrons. The van der Waals surface area contributed by atoms with Crippen LogP contribution in [0.4, 0.5) is 0 Å². The van der Waals surface area contributed by atoms with Crippen LogP contribution >= 0.6 is 0 Å². The SMILES string of the molecule is CC(C)C(NC(=O)C(N)CCCCN)C(=O)NC(CO)C(=O)O. The Morgan fingerprint density at radius 2 is 1.70 bits per heavy atom. The Labute approximate surface area is 135 Å². The molecule has 0 saturated heterocycles. The molecule has 0 aromatic heterocycles. The number of aliphatic hydroxyl groups excluding tert-OH is 1. The van der Waals surface area contributed by atoms with Gasteiger partial charge in [0.1, 0.15) is 12.1 Å². The molecule has 0 aromatic rings. The lowest BCUT2D eigenvalue weighted by Crippen LogP contribution is -2.56. The van der Waals surface area contributed by atoms with Gasteiger partial charge in [0.05, 0.1) is 12.6 Å². The van der Waals surface area contributed by atoms with Crippen LogP contribution in [0.15, 0.2) is 0 Å². The van der Waals surface area contributed by atoms with Crippen molar-refractivity contribution >= 4 is 17.8 Å². The van der Waals surface area contributed by atoms with E-state index in [1.165, 1.54) is 0 Å². The number of unbranched alkanes of at least 4 members (excludes halogenated alkanes) is 1. The Kier molecular flexibility index (Phi) is 10.1. The van der Waals surface area contributed by atoms with E-state index >= 15 is 0 Å². The Morgan fingerprint density at radius 3 is 2.13 bits per heavy atom. The Hall–Kier alpha value is -1.71. The molecule has 0 rings (SSSR count). The van der Waals surface area contributed by atoms with Gasteiger partial charge < -0.3 is 32.3 Å². The van der Waals surface area contributed by atoms with Crippen molar-refractivity contribution in [3.8, 4) is 0 Å². The van der Waals surface area contributed by atoms with Crippen LogP contribution < -0.4 is 22.1 Å². The lowest BCUT2D eigenvalue weighted by molar-refractivity contribution is -0.143. The number of carboxylic acids is 1. The van der Waals surface area contributed by atoms with E-state index in [0.29, 0.717) is 19.4 Å². The molecule has 9 heteroatoms. The van der Waals surface area contributed by atoms with Crippen molar-refractivity contribution in [3.63, 3.8) is 0 Å². The fourth-order valence-corrected chi connectivity index (χ4v) is 1.88. The Bertz CT molecular complexity index is 403. The second kappa shape index (κ2) is 10.9. The van der Waals surface area contributed by atoms with Gasteiger partial charge in [0.25, 0.3) is 0 Å². The number of hydrogen-bond acceptors (Lipinski definition) is 6. The molecule has 3 atom stereocenters. The quantitative estimate of drug-likeness (QED) is 0.241. The van der Waals surface area contributed by atoms with Gasteiger partial charge in [0.2, 0.25) is 11.8 Å². The maximum absolute atomic E-state index is 12.1. The number of aliphatic carboxylic acids is 1. The van der Waals surface area contributed by atoms with Crippen molar-refractivity contribution in [1.82, 2.24) is 10.6 Å². The smallest absolute Gasteiger partial charge is 0.328 e. The summed E-state index contributed by atoms with van der Waals surface area (Å²) in [5.74, 6) is -2.78. The zero-order chi connectivity index (χ0) is 18.0. The predicted molar refractivity (Wildman–Crippen MR) is 84.3 cm³/mol. The van der Waals surface area contributed by atoms with Crippen molar-refractivity contribution in [3.05, 3.63) is 0 Å². The number of nitrogens with one attached hydrogen (secondary N) is 2. The van der Waals surface area contributed by atoms with Crippen molar-refractivity contribution in [2.75, 3.05) is 13.2 Å². The minimum Gasteiger partial charge on any atom is -0.480 e. The number of amides is 2. The number of nitrogens with two attached hydrogens (primary N) is 2. The highest BCUT2D eigenvalue weighted by atomic mass is 16.4. The van der Waals surface area contributed by atoms with Crippen molar-refractivity contribution in [2.45, 2.75) is 51.2 Å². The molecule has 2 amide bonds. The highest BCUT2D eigenvalue weighted by Gasteiger charge is 2.29. The Balaban J connectivity index is 4.69. The van der Waals surface area contributed by atoms with Gasteiger partial charge in [-0.15, -0.1) is 0 Å². The summed E-state index contributed by atoms with van der Waals surface area (Å²) in [6.07, 6.45) is 1.91. The number of hydrogen-bond donors (Lipinski definition) is 6. The van der Waals surface area contributed by atoms with E-state index < -0.39 is 42.5 Å². The van der Waals surface area contributed by atoms with Gasteiger partial charge >= 0.3 is 5.97 Å². The van der Waals surface area contributed by atoms with Crippen LogP contribution in [0.25, 0.3) is 0 Å². The summed E-state index contributed by atoms with van der Waals surface area (Å²) in [4.78, 5) is 35.0. The summed E-state index contributed by atoms with van der Waals surface area (Å²) in [6, 6.07) is -3.11. The number of carboxylic acid groups (broad SMARTS) is 1. The molecule has 0 aliphatic carbocycles. The predicted octanol–water partition coefficient (Wildman–Crippen LogP) is -1.85. The van der Waals surface area contributed by atoms with Gasteiger partial charge in [-0.2, -0.15) is 0 Å². The number of rotatable bonds is 11. The fourth-order valence-electron chi connectivity index (χ4n) is 1.88. The third-order valence-electron chi connectivity index (χ3n) is 3.35. The van der Waals surface area contributed by atoms with Crippen LogP contribution in [0, 0.1) is 5.92 Å². The highest BCUT2D eigenvalue weighted by molar-refractivity contribution is 5.91. The third kappa shape index (κ3) is 7.91. The average Bonchev–Trinajstić information content (AvgIpc) is 2.48. The van der Waals surface area contributed by atoms with E-state index in [4.69, 9.17) is 21.7 Å². The zero-order valence-electron chi connectivity index (χ0n) is 13.6. The molecule has 0 bridgehead atoms. The maximum atomic E-state index is 12.1. The van der Waals surface area contributed by atoms with E-state index in [9.17, 15) is 14.4 Å². The van der Waals surface area contributed by atoms with E-state index in [0.717, 1.165) is 6.42 Å². The summed E-state index contributed by atoms with van der Waals surface area (Å²) < 4.78 is 0. The van der Waals surface area contributed by atoms with E-state index in [-0.39, 0.29) is 5.92 Å². The fraction of sp³-hybridized carbons (Fsp3) is 0.786. The number of aliphatic hydroxyl groups is 1. The van der Waals surface area contributed by atoms with Gasteiger partial charge in [-0.3, -0.25) is 9.59 Å². The second-order valence-corrected chi connectivity index (χ2v) is 5.70. The second-order valence-electron chi connectivity index (χ2n) is 5.70. The van der Waals surface area contributed by atoms with Crippen molar-refractivity contribution in [1.29, 1.82) is 0 Å². The lowest BCUT2D eigenvalue weighted by Gasteiger charge is -2.24. The molecule has 8 N–H and O–H groups in total. The molecule has 0 heterocycles. The molecular weight excluding hydrogens is 304 g/mol. The summed E-state index contributed by atoms with van der Waals surface area (Å²) in [5, 5.41) is 22.5. The van der Waals surface area contributed by atoms with E-state index in [1.807, 2.05) is 0 Å². The topological polar surface area (TPSA) is 168 Å². The van der Waals surface area contributed by atoms with E-state index in [1.54, 1.807) is 13.8 Å². The summed E-state index contributed by atoms with van der Waals surface area (Å²) >= 11 is 0. The van der Waals surface area contributed by atoms with Crippen molar-refractivity contribution in [2.24, 2.45) is 17.4 Å². The first-order valence-electron chi connectivity index (χ1n) is 7.64. The molecule has 0 saturated carbocycles. The van der Waals surface area contributed by atoms with Gasteiger partial charge in [0, 0.05) is 0 Å². The average molecular weight is 332 g/mol. The molecule has 0 aromatic carbocycles. The standard InChI is InChI=1S/C14H28N4O5/c1-8(2)11(13(21)17-10(7-19)14(22)23)18-12(20)9(16)5-3-4-6-15/h8-11,19H,3-7,15-16H2,1-2H3,(H,17,21)(H,18,20)(H,22,23). The monoisotopic (exact) mass is 332 g/mol. The first-order valence-corrected chi connectivity index (χ1v) is 7.64. The lowest BCUT2D eigenvalue weighted by atomic mass is 10.0. The van der Waals surface area contributed by atoms with Gasteiger partial charge in [-0.1, -0.05) is 20.3 Å². The van der Waals surface area contributed by atoms with Crippen LogP contribution in [0.1, 0.15) is 33.1 Å². The van der Waals surface area contributed by atoms with Crippen LogP contribution in [0.5, 0.6) is 0 Å². The minimum atomic E-state index is -1.42. The molecular formula is C14H28N4O5. The van der Waals surface area contributed by atoms with Gasteiger partial charge in [0.15, 0.2) is 0 Å². The van der Waals surface area contributed by atoms with Crippen LogP contribution in [0.2, 0.25) is 0 Å². The molecule has 0 radical (unpaired) electrons. The molecule has 0 aliphatic heterocycles. The molecule has 0 fully saturated rings. The van der Waals surface area contributed by atoms with Crippen LogP contribution in [0.3, 0.4) is 0 Å². The largest absolute Gasteiger partial charge is 0.480 e. The highest BCUT2D eigenvalue weighted by Crippen LogP contribution is 2.05. The van der Waals surface area contributed by atoms with E-state index in [2.05, 4.69) is 10.6 Å². The summed E-state index contributed by atoms with van der Waals surface area (Å²) in [5.41, 5.74) is 11.1. The summed E-state index contributed by atoms with van der Waals surface area (Å²) in [6.45, 7) is 3.19. The molecule has 3 unspecified atom stereocenters. The molecule has 0 spiro atoms. The van der Waals surface area contributed by atoms with Gasteiger partial charge in [-0.05, 0) is 25.3 Å². The van der Waals surface area contributed by atoms with Crippen LogP contribution in [-0.2, 0) is 14.4 Å². The van der Waals surface area contributed by atoms with Crippen LogP contribution in [-0.4, -0.2) is 59.3 Å². The zero-order valence-corrected chi connectivity index (χ0v) is 13.6. The maximum Gasteiger partial charge on any atom is 0.328 e. The van der Waals surface area contributed by atoms with Crippen molar-refractivity contribution < 1.29 is 24.6 Å². The third-order valence-corrected chi connectivity index (χ3v) is 3.35. The first kappa shape index (κ1) is 21.3. The number of carbonyl (C=O) groups excluding carboxylic acids is 2. The molecule has 9 nitrogen and oxygen atoms in total. The summed E-state index contributed by atoms with van der Waals surface area (Å²) in [7, 11) is 0. The Morgan fingerprint density at radius 1 is 1.09 bits per heavy atom. The molecule has 23 heavy (non-hydrogen) atoms. The number of carbonyl (C=O) groups is 3. The first-order chi connectivity index (χ1) is 10.7. The molecule has 0 aliphatic rings. The normalized spacial score (nSPS) is 14.9.